The number of carbonyl (C=O) groups is 1. The maximum atomic E-state index is 13.8. The molecule has 2 N–H and O–H groups in total. The summed E-state index contributed by atoms with van der Waals surface area (Å²) >= 11 is 1.52. The Labute approximate surface area is 233 Å². The Hall–Kier alpha value is -2.94. The predicted octanol–water partition coefficient (Wildman–Crippen LogP) is 3.90. The van der Waals surface area contributed by atoms with Crippen molar-refractivity contribution in [2.45, 2.75) is 87.3 Å². The van der Waals surface area contributed by atoms with E-state index in [1.165, 1.54) is 17.8 Å². The van der Waals surface area contributed by atoms with Gasteiger partial charge in [-0.2, -0.15) is 0 Å². The van der Waals surface area contributed by atoms with Gasteiger partial charge in [-0.3, -0.25) is 0 Å². The van der Waals surface area contributed by atoms with Gasteiger partial charge < -0.3 is 24.6 Å². The molecule has 0 unspecified atom stereocenters. The van der Waals surface area contributed by atoms with Gasteiger partial charge in [0.1, 0.15) is 18.8 Å². The number of anilines is 1. The lowest BCUT2D eigenvalue weighted by atomic mass is 10.1. The zero-order valence-corrected chi connectivity index (χ0v) is 23.0. The number of nitrogens with zero attached hydrogens (tertiary/aromatic N) is 5. The highest BCUT2D eigenvalue weighted by Crippen LogP contribution is 2.46. The molecular weight excluding hydrogens is 546 g/mol. The van der Waals surface area contributed by atoms with E-state index in [-0.39, 0.29) is 18.0 Å². The Morgan fingerprint density at radius 2 is 2.02 bits per heavy atom. The number of hydrogen-bond acceptors (Lipinski definition) is 10. The normalized spacial score (nSPS) is 28.6. The number of aliphatic carboxylic acids is 1. The molecular formula is C26H30F2N6O5S. The number of nitrogens with one attached hydrogen (secondary N) is 1. The second-order valence-corrected chi connectivity index (χ2v) is 11.8. The lowest BCUT2D eigenvalue weighted by Gasteiger charge is -2.23. The van der Waals surface area contributed by atoms with Crippen molar-refractivity contribution in [3.8, 4) is 0 Å². The molecule has 3 aliphatic rings. The standard InChI is InChI=1S/C26H30F2N6O5S/c1-4-7-40-25-30-23(29-16-9-13(16)12-5-6-14(27)15(28)8-12)20-24(31-25)34(33-32-20)17-10-18(37-11-19(35)36)22-21(17)38-26(2,3)39-22/h5-6,8,13,16-18,21-22H,4,7,9-11H2,1-3H3,(H,35,36)(H,29,30,31)/t13-,16+,17-,18+,21+,22-/m0/s1. The first kappa shape index (κ1) is 27.2. The highest BCUT2D eigenvalue weighted by Gasteiger charge is 2.56. The summed E-state index contributed by atoms with van der Waals surface area (Å²) in [7, 11) is 0. The molecule has 40 heavy (non-hydrogen) atoms. The third-order valence-corrected chi connectivity index (χ3v) is 8.39. The molecule has 6 atom stereocenters. The van der Waals surface area contributed by atoms with Gasteiger partial charge >= 0.3 is 5.97 Å². The third-order valence-electron chi connectivity index (χ3n) is 7.34. The average molecular weight is 577 g/mol. The summed E-state index contributed by atoms with van der Waals surface area (Å²) in [4.78, 5) is 20.7. The number of halogens is 2. The van der Waals surface area contributed by atoms with E-state index in [2.05, 4.69) is 22.6 Å². The van der Waals surface area contributed by atoms with Gasteiger partial charge in [0, 0.05) is 24.1 Å². The summed E-state index contributed by atoms with van der Waals surface area (Å²) < 4.78 is 46.9. The molecule has 14 heteroatoms. The van der Waals surface area contributed by atoms with Crippen LogP contribution in [0.25, 0.3) is 11.2 Å². The van der Waals surface area contributed by atoms with Crippen LogP contribution in [0.3, 0.4) is 0 Å². The molecule has 2 aliphatic carbocycles. The van der Waals surface area contributed by atoms with Crippen molar-refractivity contribution in [2.24, 2.45) is 0 Å². The Morgan fingerprint density at radius 3 is 2.77 bits per heavy atom. The molecule has 1 aromatic carbocycles. The molecule has 1 saturated heterocycles. The molecule has 6 rings (SSSR count). The van der Waals surface area contributed by atoms with Gasteiger partial charge in [-0.15, -0.1) is 5.10 Å². The minimum absolute atomic E-state index is 0.0101. The van der Waals surface area contributed by atoms with Crippen LogP contribution in [0, 0.1) is 11.6 Å². The number of benzene rings is 1. The zero-order chi connectivity index (χ0) is 28.2. The van der Waals surface area contributed by atoms with Crippen molar-refractivity contribution in [1.29, 1.82) is 0 Å². The van der Waals surface area contributed by atoms with Crippen molar-refractivity contribution >= 4 is 34.7 Å². The monoisotopic (exact) mass is 576 g/mol. The zero-order valence-electron chi connectivity index (χ0n) is 22.2. The summed E-state index contributed by atoms with van der Waals surface area (Å²) in [5, 5.41) is 22.0. The third kappa shape index (κ3) is 5.24. The number of aromatic nitrogens is 5. The minimum atomic E-state index is -1.06. The van der Waals surface area contributed by atoms with Gasteiger partial charge in [0.2, 0.25) is 0 Å². The molecule has 3 heterocycles. The molecule has 2 aromatic heterocycles. The van der Waals surface area contributed by atoms with Crippen LogP contribution in [0.1, 0.15) is 57.6 Å². The summed E-state index contributed by atoms with van der Waals surface area (Å²) in [5.41, 5.74) is 1.70. The number of thioether (sulfide) groups is 1. The van der Waals surface area contributed by atoms with E-state index in [4.69, 9.17) is 29.3 Å². The molecule has 0 amide bonds. The van der Waals surface area contributed by atoms with E-state index in [0.29, 0.717) is 28.6 Å². The topological polar surface area (TPSA) is 134 Å². The first-order valence-electron chi connectivity index (χ1n) is 13.3. The second-order valence-electron chi connectivity index (χ2n) is 10.8. The lowest BCUT2D eigenvalue weighted by molar-refractivity contribution is -0.173. The highest BCUT2D eigenvalue weighted by atomic mass is 32.2. The summed E-state index contributed by atoms with van der Waals surface area (Å²) in [6.07, 6.45) is 0.638. The van der Waals surface area contributed by atoms with E-state index < -0.39 is 48.3 Å². The first-order valence-corrected chi connectivity index (χ1v) is 14.3. The van der Waals surface area contributed by atoms with Gasteiger partial charge in [-0.1, -0.05) is 30.0 Å². The van der Waals surface area contributed by atoms with Crippen LogP contribution in [0.4, 0.5) is 14.6 Å². The van der Waals surface area contributed by atoms with Crippen molar-refractivity contribution < 1.29 is 32.9 Å². The van der Waals surface area contributed by atoms with Gasteiger partial charge in [-0.25, -0.2) is 28.2 Å². The summed E-state index contributed by atoms with van der Waals surface area (Å²) in [5.74, 6) is -2.33. The van der Waals surface area contributed by atoms with Gasteiger partial charge in [0.25, 0.3) is 0 Å². The molecule has 3 aromatic rings. The van der Waals surface area contributed by atoms with Gasteiger partial charge in [0.15, 0.2) is 39.6 Å². The molecule has 0 spiro atoms. The van der Waals surface area contributed by atoms with Crippen LogP contribution in [0.5, 0.6) is 0 Å². The Balaban J connectivity index is 1.31. The SMILES string of the molecule is CCCSc1nc(N[C@@H]2C[C@H]2c2ccc(F)c(F)c2)c2nnn([C@H]3C[C@@H](OCC(=O)O)[C@@H]4OC(C)(C)O[C@@H]43)c2n1. The van der Waals surface area contributed by atoms with Crippen molar-refractivity contribution in [3.05, 3.63) is 35.4 Å². The largest absolute Gasteiger partial charge is 0.480 e. The number of rotatable bonds is 10. The fourth-order valence-electron chi connectivity index (χ4n) is 5.52. The molecule has 11 nitrogen and oxygen atoms in total. The van der Waals surface area contributed by atoms with Crippen LogP contribution in [-0.2, 0) is 19.0 Å². The second kappa shape index (κ2) is 10.5. The van der Waals surface area contributed by atoms with Crippen molar-refractivity contribution in [1.82, 2.24) is 25.0 Å². The number of carboxylic acids is 1. The van der Waals surface area contributed by atoms with Crippen LogP contribution in [0.15, 0.2) is 23.4 Å². The van der Waals surface area contributed by atoms with Crippen LogP contribution in [-0.4, -0.2) is 78.5 Å². The Bertz CT molecular complexity index is 1440. The fraction of sp³-hybridized carbons (Fsp3) is 0.577. The van der Waals surface area contributed by atoms with Crippen LogP contribution < -0.4 is 5.32 Å². The van der Waals surface area contributed by atoms with Crippen LogP contribution in [0.2, 0.25) is 0 Å². The van der Waals surface area contributed by atoms with E-state index in [1.807, 2.05) is 0 Å². The number of hydrogen-bond donors (Lipinski definition) is 2. The van der Waals surface area contributed by atoms with Crippen molar-refractivity contribution in [3.63, 3.8) is 0 Å². The van der Waals surface area contributed by atoms with Crippen molar-refractivity contribution in [2.75, 3.05) is 17.7 Å². The summed E-state index contributed by atoms with van der Waals surface area (Å²) in [6, 6.07) is 3.59. The minimum Gasteiger partial charge on any atom is -0.480 e. The Morgan fingerprint density at radius 1 is 1.23 bits per heavy atom. The quantitative estimate of drug-likeness (QED) is 0.269. The average Bonchev–Trinajstić information content (AvgIpc) is 3.24. The molecule has 0 radical (unpaired) electrons. The maximum Gasteiger partial charge on any atom is 0.329 e. The highest BCUT2D eigenvalue weighted by molar-refractivity contribution is 7.99. The molecule has 0 bridgehead atoms. The van der Waals surface area contributed by atoms with Gasteiger partial charge in [-0.05, 0) is 44.4 Å². The molecule has 214 valence electrons. The fourth-order valence-corrected chi connectivity index (χ4v) is 6.22. The van der Waals surface area contributed by atoms with E-state index in [9.17, 15) is 13.6 Å². The predicted molar refractivity (Wildman–Crippen MR) is 140 cm³/mol. The Kier molecular flexibility index (Phi) is 7.13. The van der Waals surface area contributed by atoms with Crippen LogP contribution >= 0.6 is 11.8 Å². The maximum absolute atomic E-state index is 13.8. The molecule has 2 saturated carbocycles. The van der Waals surface area contributed by atoms with E-state index in [0.717, 1.165) is 30.2 Å². The smallest absolute Gasteiger partial charge is 0.329 e. The first-order chi connectivity index (χ1) is 19.1. The number of ether oxygens (including phenoxy) is 3. The number of fused-ring (bicyclic) bond motifs is 2. The van der Waals surface area contributed by atoms with E-state index >= 15 is 0 Å². The summed E-state index contributed by atoms with van der Waals surface area (Å²) in [6.45, 7) is 5.23. The molecule has 3 fully saturated rings. The molecule has 1 aliphatic heterocycles. The van der Waals surface area contributed by atoms with Gasteiger partial charge in [0.05, 0.1) is 12.1 Å². The lowest BCUT2D eigenvalue weighted by Crippen LogP contribution is -2.32. The number of carboxylic acid groups (broad SMARTS) is 1. The van der Waals surface area contributed by atoms with E-state index in [1.54, 1.807) is 24.6 Å².